The molecule has 0 atom stereocenters. The van der Waals surface area contributed by atoms with Gasteiger partial charge in [-0.05, 0) is 37.6 Å². The minimum absolute atomic E-state index is 0.0915. The number of Topliss-reactive ketones (excluding diaryl/α,β-unsaturated/α-hetero) is 1. The fraction of sp³-hybridized carbons (Fsp3) is 0.188. The highest BCUT2D eigenvalue weighted by Crippen LogP contribution is 2.25. The Hall–Kier alpha value is -2.14. The van der Waals surface area contributed by atoms with Crippen molar-refractivity contribution in [2.45, 2.75) is 18.7 Å². The molecule has 0 N–H and O–H groups in total. The first-order valence-corrected chi connectivity index (χ1v) is 7.93. The maximum absolute atomic E-state index is 12.6. The van der Waals surface area contributed by atoms with Crippen LogP contribution in [-0.4, -0.2) is 21.2 Å². The van der Waals surface area contributed by atoms with E-state index in [4.69, 9.17) is 0 Å². The number of hydrogen-bond acceptors (Lipinski definition) is 3. The number of hydrogen-bond donors (Lipinski definition) is 0. The van der Waals surface area contributed by atoms with Crippen LogP contribution < -0.4 is 4.31 Å². The summed E-state index contributed by atoms with van der Waals surface area (Å²) in [6, 6.07) is 13.3. The summed E-state index contributed by atoms with van der Waals surface area (Å²) >= 11 is 0. The molecule has 4 nitrogen and oxygen atoms in total. The number of rotatable bonds is 4. The zero-order chi connectivity index (χ0) is 15.6. The van der Waals surface area contributed by atoms with Crippen LogP contribution in [0.4, 0.5) is 5.69 Å². The molecule has 0 amide bonds. The third-order valence-electron chi connectivity index (χ3n) is 3.37. The van der Waals surface area contributed by atoms with E-state index in [1.165, 1.54) is 42.5 Å². The fourth-order valence-electron chi connectivity index (χ4n) is 2.07. The van der Waals surface area contributed by atoms with Gasteiger partial charge in [0.25, 0.3) is 10.0 Å². The van der Waals surface area contributed by atoms with E-state index in [-0.39, 0.29) is 10.7 Å². The van der Waals surface area contributed by atoms with Crippen molar-refractivity contribution in [3.63, 3.8) is 0 Å². The van der Waals surface area contributed by atoms with E-state index in [0.29, 0.717) is 11.3 Å². The van der Waals surface area contributed by atoms with E-state index in [0.717, 1.165) is 5.56 Å². The Bertz CT molecular complexity index is 764. The first kappa shape index (κ1) is 15.3. The van der Waals surface area contributed by atoms with Gasteiger partial charge in [-0.1, -0.05) is 30.3 Å². The van der Waals surface area contributed by atoms with Gasteiger partial charge in [0.05, 0.1) is 10.6 Å². The highest BCUT2D eigenvalue weighted by Gasteiger charge is 2.22. The Kier molecular flexibility index (Phi) is 4.14. The largest absolute Gasteiger partial charge is 0.295 e. The maximum atomic E-state index is 12.6. The molecule has 2 rings (SSSR count). The van der Waals surface area contributed by atoms with E-state index >= 15 is 0 Å². The van der Waals surface area contributed by atoms with Gasteiger partial charge in [0, 0.05) is 12.6 Å². The van der Waals surface area contributed by atoms with E-state index < -0.39 is 10.0 Å². The standard InChI is InChI=1S/C16H17NO3S/c1-12-6-4-5-7-16(12)17(3)21(19,20)15-10-8-14(9-11-15)13(2)18/h4-11H,1-3H3. The van der Waals surface area contributed by atoms with Crippen LogP contribution >= 0.6 is 0 Å². The molecule has 0 fully saturated rings. The summed E-state index contributed by atoms with van der Waals surface area (Å²) in [5.41, 5.74) is 2.00. The van der Waals surface area contributed by atoms with Crippen LogP contribution in [0.5, 0.6) is 0 Å². The lowest BCUT2D eigenvalue weighted by Gasteiger charge is -2.21. The Morgan fingerprint density at radius 3 is 2.10 bits per heavy atom. The second-order valence-corrected chi connectivity index (χ2v) is 6.81. The average molecular weight is 303 g/mol. The van der Waals surface area contributed by atoms with Gasteiger partial charge >= 0.3 is 0 Å². The molecular formula is C16H17NO3S. The molecule has 0 aromatic heterocycles. The fourth-order valence-corrected chi connectivity index (χ4v) is 3.33. The van der Waals surface area contributed by atoms with Gasteiger partial charge < -0.3 is 0 Å². The Labute approximate surface area is 125 Å². The van der Waals surface area contributed by atoms with Crippen LogP contribution in [0, 0.1) is 6.92 Å². The Balaban J connectivity index is 2.42. The smallest absolute Gasteiger partial charge is 0.264 e. The molecule has 2 aromatic carbocycles. The molecule has 0 spiro atoms. The molecule has 0 radical (unpaired) electrons. The molecule has 0 aliphatic rings. The van der Waals surface area contributed by atoms with Crippen molar-refractivity contribution in [1.29, 1.82) is 0 Å². The zero-order valence-corrected chi connectivity index (χ0v) is 13.0. The normalized spacial score (nSPS) is 11.2. The maximum Gasteiger partial charge on any atom is 0.264 e. The predicted octanol–water partition coefficient (Wildman–Crippen LogP) is 3.02. The lowest BCUT2D eigenvalue weighted by Crippen LogP contribution is -2.27. The van der Waals surface area contributed by atoms with E-state index in [1.807, 2.05) is 19.1 Å². The highest BCUT2D eigenvalue weighted by molar-refractivity contribution is 7.92. The molecule has 5 heteroatoms. The number of carbonyl (C=O) groups excluding carboxylic acids is 1. The molecule has 0 unspecified atom stereocenters. The van der Waals surface area contributed by atoms with Crippen molar-refractivity contribution in [1.82, 2.24) is 0 Å². The van der Waals surface area contributed by atoms with Crippen LogP contribution in [0.15, 0.2) is 53.4 Å². The van der Waals surface area contributed by atoms with Crippen molar-refractivity contribution >= 4 is 21.5 Å². The summed E-state index contributed by atoms with van der Waals surface area (Å²) in [5.74, 6) is -0.0915. The van der Waals surface area contributed by atoms with Gasteiger partial charge in [-0.15, -0.1) is 0 Å². The Morgan fingerprint density at radius 2 is 1.57 bits per heavy atom. The molecular weight excluding hydrogens is 286 g/mol. The van der Waals surface area contributed by atoms with Crippen molar-refractivity contribution in [2.24, 2.45) is 0 Å². The van der Waals surface area contributed by atoms with Gasteiger partial charge in [0.2, 0.25) is 0 Å². The number of anilines is 1. The third-order valence-corrected chi connectivity index (χ3v) is 5.16. The van der Waals surface area contributed by atoms with Crippen molar-refractivity contribution in [3.05, 3.63) is 59.7 Å². The summed E-state index contributed by atoms with van der Waals surface area (Å²) in [4.78, 5) is 11.4. The molecule has 21 heavy (non-hydrogen) atoms. The molecule has 110 valence electrons. The minimum atomic E-state index is -3.63. The van der Waals surface area contributed by atoms with Crippen LogP contribution in [0.3, 0.4) is 0 Å². The lowest BCUT2D eigenvalue weighted by molar-refractivity contribution is 0.101. The van der Waals surface area contributed by atoms with E-state index in [1.54, 1.807) is 12.1 Å². The molecule has 0 saturated carbocycles. The quantitative estimate of drug-likeness (QED) is 0.816. The summed E-state index contributed by atoms with van der Waals surface area (Å²) in [6.45, 7) is 3.31. The molecule has 0 aliphatic heterocycles. The molecule has 0 saturated heterocycles. The second-order valence-electron chi connectivity index (χ2n) is 4.84. The second kappa shape index (κ2) is 5.69. The van der Waals surface area contributed by atoms with Gasteiger partial charge in [-0.3, -0.25) is 9.10 Å². The average Bonchev–Trinajstić information content (AvgIpc) is 2.47. The third kappa shape index (κ3) is 2.97. The van der Waals surface area contributed by atoms with Gasteiger partial charge in [0.1, 0.15) is 0 Å². The summed E-state index contributed by atoms with van der Waals surface area (Å²) in [5, 5.41) is 0. The molecule has 2 aromatic rings. The first-order chi connectivity index (χ1) is 9.84. The number of ketones is 1. The zero-order valence-electron chi connectivity index (χ0n) is 12.2. The molecule has 0 heterocycles. The summed E-state index contributed by atoms with van der Waals surface area (Å²) in [6.07, 6.45) is 0. The number of benzene rings is 2. The molecule has 0 aliphatic carbocycles. The summed E-state index contributed by atoms with van der Waals surface area (Å²) < 4.78 is 26.5. The van der Waals surface area contributed by atoms with Crippen LogP contribution in [-0.2, 0) is 10.0 Å². The van der Waals surface area contributed by atoms with Crippen LogP contribution in [0.2, 0.25) is 0 Å². The number of sulfonamides is 1. The minimum Gasteiger partial charge on any atom is -0.295 e. The van der Waals surface area contributed by atoms with Crippen molar-refractivity contribution in [2.75, 3.05) is 11.4 Å². The van der Waals surface area contributed by atoms with Gasteiger partial charge in [-0.25, -0.2) is 8.42 Å². The number of nitrogens with zero attached hydrogens (tertiary/aromatic N) is 1. The van der Waals surface area contributed by atoms with Crippen LogP contribution in [0.25, 0.3) is 0 Å². The first-order valence-electron chi connectivity index (χ1n) is 6.49. The number of aryl methyl sites for hydroxylation is 1. The van der Waals surface area contributed by atoms with Gasteiger partial charge in [-0.2, -0.15) is 0 Å². The van der Waals surface area contributed by atoms with Crippen LogP contribution in [0.1, 0.15) is 22.8 Å². The highest BCUT2D eigenvalue weighted by atomic mass is 32.2. The monoisotopic (exact) mass is 303 g/mol. The number of para-hydroxylation sites is 1. The topological polar surface area (TPSA) is 54.5 Å². The predicted molar refractivity (Wildman–Crippen MR) is 83.2 cm³/mol. The summed E-state index contributed by atoms with van der Waals surface area (Å²) in [7, 11) is -2.11. The number of carbonyl (C=O) groups is 1. The van der Waals surface area contributed by atoms with E-state index in [9.17, 15) is 13.2 Å². The van der Waals surface area contributed by atoms with E-state index in [2.05, 4.69) is 0 Å². The lowest BCUT2D eigenvalue weighted by atomic mass is 10.2. The van der Waals surface area contributed by atoms with Crippen molar-refractivity contribution in [3.8, 4) is 0 Å². The van der Waals surface area contributed by atoms with Gasteiger partial charge in [0.15, 0.2) is 5.78 Å². The molecule has 0 bridgehead atoms. The Morgan fingerprint density at radius 1 is 1.00 bits per heavy atom. The SMILES string of the molecule is CC(=O)c1ccc(S(=O)(=O)N(C)c2ccccc2C)cc1. The van der Waals surface area contributed by atoms with Crippen molar-refractivity contribution < 1.29 is 13.2 Å².